The van der Waals surface area contributed by atoms with Crippen LogP contribution >= 0.6 is 27.5 Å². The van der Waals surface area contributed by atoms with Gasteiger partial charge in [-0.1, -0.05) is 35.9 Å². The molecule has 0 saturated carbocycles. The van der Waals surface area contributed by atoms with Crippen molar-refractivity contribution in [3.8, 4) is 0 Å². The van der Waals surface area contributed by atoms with Crippen LogP contribution in [-0.2, 0) is 13.1 Å². The van der Waals surface area contributed by atoms with Crippen molar-refractivity contribution in [2.75, 3.05) is 5.32 Å². The summed E-state index contributed by atoms with van der Waals surface area (Å²) in [7, 11) is 0. The second-order valence-electron chi connectivity index (χ2n) is 7.45. The molecule has 2 aromatic heterocycles. The number of aryl methyl sites for hydroxylation is 1. The molecule has 1 amide bonds. The van der Waals surface area contributed by atoms with Gasteiger partial charge in [-0.05, 0) is 65.2 Å². The van der Waals surface area contributed by atoms with E-state index < -0.39 is 0 Å². The third-order valence-corrected chi connectivity index (χ3v) is 6.45. The molecule has 0 atom stereocenters. The average molecular weight is 517 g/mol. The smallest absolute Gasteiger partial charge is 0.256 e. The van der Waals surface area contributed by atoms with E-state index in [1.807, 2.05) is 30.7 Å². The van der Waals surface area contributed by atoms with Gasteiger partial charge in [-0.2, -0.15) is 10.2 Å². The molecule has 9 heteroatoms. The van der Waals surface area contributed by atoms with E-state index in [1.165, 1.54) is 12.1 Å². The van der Waals surface area contributed by atoms with Crippen LogP contribution in [0.5, 0.6) is 0 Å². The second-order valence-corrected chi connectivity index (χ2v) is 8.65. The fourth-order valence-electron chi connectivity index (χ4n) is 3.33. The molecule has 1 N–H and O–H groups in total. The van der Waals surface area contributed by atoms with Crippen molar-refractivity contribution in [2.24, 2.45) is 0 Å². The zero-order chi connectivity index (χ0) is 22.8. The van der Waals surface area contributed by atoms with E-state index in [0.717, 1.165) is 27.0 Å². The minimum Gasteiger partial charge on any atom is -0.304 e. The summed E-state index contributed by atoms with van der Waals surface area (Å²) in [5, 5.41) is 11.9. The normalized spacial score (nSPS) is 11.0. The highest BCUT2D eigenvalue weighted by atomic mass is 79.9. The Kier molecular flexibility index (Phi) is 6.43. The number of hydrogen-bond donors (Lipinski definition) is 1. The minimum atomic E-state index is -0.316. The standard InChI is InChI=1S/C23H20BrClFN5O/c1-14-21(24)15(2)31(28-14)12-16-6-8-18(9-7-16)23(32)27-22-20(25)13-30(29-22)11-17-4-3-5-19(26)10-17/h3-10,13H,11-12H2,1-2H3,(H,27,29,32). The third kappa shape index (κ3) is 4.92. The van der Waals surface area contributed by atoms with Gasteiger partial charge in [0.25, 0.3) is 5.91 Å². The summed E-state index contributed by atoms with van der Waals surface area (Å²) in [6.07, 6.45) is 1.59. The predicted octanol–water partition coefficient (Wildman–Crippen LogP) is 5.60. The summed E-state index contributed by atoms with van der Waals surface area (Å²) in [6.45, 7) is 4.90. The lowest BCUT2D eigenvalue weighted by Crippen LogP contribution is -2.13. The zero-order valence-corrected chi connectivity index (χ0v) is 19.8. The monoisotopic (exact) mass is 515 g/mol. The van der Waals surface area contributed by atoms with Crippen molar-refractivity contribution in [1.29, 1.82) is 0 Å². The van der Waals surface area contributed by atoms with Gasteiger partial charge in [0, 0.05) is 11.8 Å². The third-order valence-electron chi connectivity index (χ3n) is 5.02. The van der Waals surface area contributed by atoms with Crippen molar-refractivity contribution < 1.29 is 9.18 Å². The highest BCUT2D eigenvalue weighted by molar-refractivity contribution is 9.10. The van der Waals surface area contributed by atoms with Crippen molar-refractivity contribution in [1.82, 2.24) is 19.6 Å². The molecular formula is C23H20BrClFN5O. The molecule has 2 aromatic carbocycles. The van der Waals surface area contributed by atoms with Gasteiger partial charge in [0.15, 0.2) is 5.82 Å². The highest BCUT2D eigenvalue weighted by Gasteiger charge is 2.14. The molecule has 0 fully saturated rings. The maximum atomic E-state index is 13.4. The van der Waals surface area contributed by atoms with E-state index >= 15 is 0 Å². The van der Waals surface area contributed by atoms with E-state index in [9.17, 15) is 9.18 Å². The summed E-state index contributed by atoms with van der Waals surface area (Å²) >= 11 is 9.77. The first-order valence-corrected chi connectivity index (χ1v) is 11.0. The summed E-state index contributed by atoms with van der Waals surface area (Å²) in [5.74, 6) is -0.379. The summed E-state index contributed by atoms with van der Waals surface area (Å²) < 4.78 is 17.9. The average Bonchev–Trinajstić information content (AvgIpc) is 3.21. The number of nitrogens with one attached hydrogen (secondary N) is 1. The van der Waals surface area contributed by atoms with E-state index in [0.29, 0.717) is 23.7 Å². The topological polar surface area (TPSA) is 64.7 Å². The van der Waals surface area contributed by atoms with Crippen molar-refractivity contribution >= 4 is 39.3 Å². The van der Waals surface area contributed by atoms with Crippen LogP contribution in [0.4, 0.5) is 10.2 Å². The van der Waals surface area contributed by atoms with Gasteiger partial charge in [0.2, 0.25) is 0 Å². The number of anilines is 1. The van der Waals surface area contributed by atoms with Gasteiger partial charge in [-0.25, -0.2) is 4.39 Å². The molecule has 4 rings (SSSR count). The molecule has 6 nitrogen and oxygen atoms in total. The number of carbonyl (C=O) groups excluding carboxylic acids is 1. The predicted molar refractivity (Wildman–Crippen MR) is 126 cm³/mol. The molecule has 4 aromatic rings. The first-order chi connectivity index (χ1) is 15.3. The SMILES string of the molecule is Cc1nn(Cc2ccc(C(=O)Nc3nn(Cc4cccc(F)c4)cc3Cl)cc2)c(C)c1Br. The molecule has 0 saturated heterocycles. The fraction of sp³-hybridized carbons (Fsp3) is 0.174. The molecule has 164 valence electrons. The molecular weight excluding hydrogens is 497 g/mol. The number of rotatable bonds is 6. The van der Waals surface area contributed by atoms with E-state index in [-0.39, 0.29) is 17.5 Å². The van der Waals surface area contributed by atoms with E-state index in [2.05, 4.69) is 31.4 Å². The molecule has 0 bridgehead atoms. The van der Waals surface area contributed by atoms with Crippen LogP contribution in [0.1, 0.15) is 32.9 Å². The van der Waals surface area contributed by atoms with Gasteiger partial charge in [-0.3, -0.25) is 14.2 Å². The molecule has 0 unspecified atom stereocenters. The lowest BCUT2D eigenvalue weighted by molar-refractivity contribution is 0.102. The molecule has 0 aliphatic carbocycles. The van der Waals surface area contributed by atoms with Crippen LogP contribution in [0.25, 0.3) is 0 Å². The molecule has 0 radical (unpaired) electrons. The lowest BCUT2D eigenvalue weighted by Gasteiger charge is -2.07. The van der Waals surface area contributed by atoms with Crippen LogP contribution in [0.15, 0.2) is 59.2 Å². The lowest BCUT2D eigenvalue weighted by atomic mass is 10.1. The van der Waals surface area contributed by atoms with Crippen LogP contribution < -0.4 is 5.32 Å². The fourth-order valence-corrected chi connectivity index (χ4v) is 3.81. The number of hydrogen-bond acceptors (Lipinski definition) is 3. The largest absolute Gasteiger partial charge is 0.304 e. The van der Waals surface area contributed by atoms with Gasteiger partial charge >= 0.3 is 0 Å². The Bertz CT molecular complexity index is 1280. The Balaban J connectivity index is 1.42. The van der Waals surface area contributed by atoms with Crippen LogP contribution in [-0.4, -0.2) is 25.5 Å². The van der Waals surface area contributed by atoms with Crippen LogP contribution in [0, 0.1) is 19.7 Å². The number of nitrogens with zero attached hydrogens (tertiary/aromatic N) is 4. The van der Waals surface area contributed by atoms with Gasteiger partial charge < -0.3 is 5.32 Å². The molecule has 0 aliphatic rings. The van der Waals surface area contributed by atoms with Crippen LogP contribution in [0.3, 0.4) is 0 Å². The van der Waals surface area contributed by atoms with Crippen molar-refractivity contribution in [3.63, 3.8) is 0 Å². The Labute approximate surface area is 198 Å². The maximum Gasteiger partial charge on any atom is 0.256 e. The zero-order valence-electron chi connectivity index (χ0n) is 17.4. The van der Waals surface area contributed by atoms with Crippen molar-refractivity contribution in [3.05, 3.63) is 98.1 Å². The number of halogens is 3. The summed E-state index contributed by atoms with van der Waals surface area (Å²) in [6, 6.07) is 13.5. The minimum absolute atomic E-state index is 0.254. The Morgan fingerprint density at radius 3 is 2.50 bits per heavy atom. The molecule has 32 heavy (non-hydrogen) atoms. The van der Waals surface area contributed by atoms with E-state index in [4.69, 9.17) is 11.6 Å². The number of amides is 1. The van der Waals surface area contributed by atoms with Gasteiger partial charge in [-0.15, -0.1) is 0 Å². The van der Waals surface area contributed by atoms with Crippen molar-refractivity contribution in [2.45, 2.75) is 26.9 Å². The summed E-state index contributed by atoms with van der Waals surface area (Å²) in [4.78, 5) is 12.7. The number of carbonyl (C=O) groups is 1. The Morgan fingerprint density at radius 1 is 1.09 bits per heavy atom. The second kappa shape index (κ2) is 9.26. The quantitative estimate of drug-likeness (QED) is 0.363. The molecule has 0 aliphatic heterocycles. The highest BCUT2D eigenvalue weighted by Crippen LogP contribution is 2.22. The van der Waals surface area contributed by atoms with E-state index in [1.54, 1.807) is 35.1 Å². The maximum absolute atomic E-state index is 13.4. The molecule has 0 spiro atoms. The number of benzene rings is 2. The van der Waals surface area contributed by atoms with Gasteiger partial charge in [0.05, 0.1) is 29.0 Å². The van der Waals surface area contributed by atoms with Crippen LogP contribution in [0.2, 0.25) is 5.02 Å². The molecule has 2 heterocycles. The first-order valence-electron chi connectivity index (χ1n) is 9.87. The number of aromatic nitrogens is 4. The summed E-state index contributed by atoms with van der Waals surface area (Å²) in [5.41, 5.74) is 4.24. The van der Waals surface area contributed by atoms with Gasteiger partial charge in [0.1, 0.15) is 10.8 Å². The Hall–Kier alpha value is -2.97. The first kappa shape index (κ1) is 22.2. The Morgan fingerprint density at radius 2 is 1.84 bits per heavy atom.